The Labute approximate surface area is 62.7 Å². The molecule has 0 aliphatic carbocycles. The summed E-state index contributed by atoms with van der Waals surface area (Å²) in [6, 6.07) is 0. The second kappa shape index (κ2) is 3.40. The van der Waals surface area contributed by atoms with Gasteiger partial charge in [0.25, 0.3) is 0 Å². The molecule has 0 amide bonds. The Morgan fingerprint density at radius 3 is 2.70 bits per heavy atom. The summed E-state index contributed by atoms with van der Waals surface area (Å²) in [5, 5.41) is 9.11. The van der Waals surface area contributed by atoms with Crippen molar-refractivity contribution < 1.29 is 9.68 Å². The molecular formula is C7H15BO2. The quantitative estimate of drug-likeness (QED) is 0.556. The topological polar surface area (TPSA) is 29.5 Å². The van der Waals surface area contributed by atoms with Crippen LogP contribution in [-0.2, 0) is 4.65 Å². The van der Waals surface area contributed by atoms with Crippen LogP contribution >= 0.6 is 0 Å². The van der Waals surface area contributed by atoms with Gasteiger partial charge in [0.1, 0.15) is 0 Å². The van der Waals surface area contributed by atoms with Gasteiger partial charge in [-0.05, 0) is 24.6 Å². The van der Waals surface area contributed by atoms with E-state index in [1.54, 1.807) is 0 Å². The van der Waals surface area contributed by atoms with Crippen LogP contribution < -0.4 is 0 Å². The second-order valence-corrected chi connectivity index (χ2v) is 3.35. The normalized spacial score (nSPS) is 27.6. The van der Waals surface area contributed by atoms with E-state index in [1.807, 2.05) is 0 Å². The molecule has 1 aliphatic rings. The Bertz CT molecular complexity index is 106. The van der Waals surface area contributed by atoms with E-state index in [0.717, 1.165) is 19.3 Å². The van der Waals surface area contributed by atoms with Crippen LogP contribution in [0.5, 0.6) is 0 Å². The fraction of sp³-hybridized carbons (Fsp3) is 1.00. The van der Waals surface area contributed by atoms with E-state index in [4.69, 9.17) is 9.68 Å². The Morgan fingerprint density at radius 1 is 1.60 bits per heavy atom. The minimum Gasteiger partial charge on any atom is -0.427 e. The van der Waals surface area contributed by atoms with Crippen LogP contribution in [0.3, 0.4) is 0 Å². The summed E-state index contributed by atoms with van der Waals surface area (Å²) < 4.78 is 5.01. The largest absolute Gasteiger partial charge is 0.454 e. The molecule has 1 saturated heterocycles. The Balaban J connectivity index is 2.32. The molecule has 1 N–H and O–H groups in total. The van der Waals surface area contributed by atoms with Crippen LogP contribution in [0.15, 0.2) is 0 Å². The summed E-state index contributed by atoms with van der Waals surface area (Å²) in [7, 11) is -0.499. The highest BCUT2D eigenvalue weighted by Crippen LogP contribution is 2.24. The van der Waals surface area contributed by atoms with Crippen LogP contribution in [0.1, 0.15) is 20.3 Å². The van der Waals surface area contributed by atoms with E-state index in [0.29, 0.717) is 11.8 Å². The van der Waals surface area contributed by atoms with Gasteiger partial charge < -0.3 is 9.68 Å². The van der Waals surface area contributed by atoms with Gasteiger partial charge in [-0.25, -0.2) is 0 Å². The van der Waals surface area contributed by atoms with Crippen molar-refractivity contribution in [1.82, 2.24) is 0 Å². The fourth-order valence-corrected chi connectivity index (χ4v) is 1.41. The predicted octanol–water partition coefficient (Wildman–Crippen LogP) is 1.16. The molecule has 1 atom stereocenters. The minimum absolute atomic E-state index is 0.499. The summed E-state index contributed by atoms with van der Waals surface area (Å²) in [6.07, 6.45) is 1.92. The molecule has 1 rings (SSSR count). The van der Waals surface area contributed by atoms with E-state index in [-0.39, 0.29) is 0 Å². The average Bonchev–Trinajstić information content (AvgIpc) is 1.88. The van der Waals surface area contributed by atoms with Crippen molar-refractivity contribution in [2.75, 3.05) is 6.61 Å². The Hall–Kier alpha value is -0.0151. The second-order valence-electron chi connectivity index (χ2n) is 3.35. The van der Waals surface area contributed by atoms with Crippen molar-refractivity contribution in [3.05, 3.63) is 0 Å². The summed E-state index contributed by atoms with van der Waals surface area (Å²) in [6.45, 7) is 5.12. The summed E-state index contributed by atoms with van der Waals surface area (Å²) >= 11 is 0. The smallest absolute Gasteiger partial charge is 0.427 e. The maximum atomic E-state index is 9.11. The van der Waals surface area contributed by atoms with Crippen LogP contribution in [0.25, 0.3) is 0 Å². The van der Waals surface area contributed by atoms with Crippen molar-refractivity contribution in [2.45, 2.75) is 26.6 Å². The third-order valence-corrected chi connectivity index (χ3v) is 2.25. The van der Waals surface area contributed by atoms with Gasteiger partial charge in [0.2, 0.25) is 0 Å². The minimum atomic E-state index is -0.499. The van der Waals surface area contributed by atoms with Gasteiger partial charge in [-0.15, -0.1) is 0 Å². The van der Waals surface area contributed by atoms with Gasteiger partial charge in [-0.3, -0.25) is 0 Å². The van der Waals surface area contributed by atoms with Crippen molar-refractivity contribution in [1.29, 1.82) is 0 Å². The molecule has 0 saturated carbocycles. The number of hydrogen-bond donors (Lipinski definition) is 1. The molecule has 3 heteroatoms. The van der Waals surface area contributed by atoms with E-state index >= 15 is 0 Å². The van der Waals surface area contributed by atoms with E-state index in [1.165, 1.54) is 0 Å². The molecule has 0 aromatic rings. The molecule has 0 aromatic carbocycles. The lowest BCUT2D eigenvalue weighted by atomic mass is 9.70. The van der Waals surface area contributed by atoms with E-state index < -0.39 is 7.12 Å². The van der Waals surface area contributed by atoms with Crippen molar-refractivity contribution in [2.24, 2.45) is 11.8 Å². The molecular weight excluding hydrogens is 127 g/mol. The molecule has 1 aliphatic heterocycles. The van der Waals surface area contributed by atoms with Crippen LogP contribution in [0, 0.1) is 11.8 Å². The first-order valence-corrected chi connectivity index (χ1v) is 4.00. The average molecular weight is 142 g/mol. The first kappa shape index (κ1) is 8.09. The molecule has 0 unspecified atom stereocenters. The van der Waals surface area contributed by atoms with E-state index in [9.17, 15) is 0 Å². The lowest BCUT2D eigenvalue weighted by molar-refractivity contribution is 0.179. The highest BCUT2D eigenvalue weighted by Gasteiger charge is 2.26. The van der Waals surface area contributed by atoms with Gasteiger partial charge in [0.15, 0.2) is 0 Å². The molecule has 0 aromatic heterocycles. The van der Waals surface area contributed by atoms with Gasteiger partial charge in [0.05, 0.1) is 0 Å². The SMILES string of the molecule is CC(C)[C@@H]1CCOB(O)C1. The molecule has 10 heavy (non-hydrogen) atoms. The lowest BCUT2D eigenvalue weighted by Crippen LogP contribution is -2.30. The molecule has 0 radical (unpaired) electrons. The zero-order valence-electron chi connectivity index (χ0n) is 6.71. The van der Waals surface area contributed by atoms with Crippen molar-refractivity contribution in [3.8, 4) is 0 Å². The first-order chi connectivity index (χ1) is 4.70. The monoisotopic (exact) mass is 142 g/mol. The van der Waals surface area contributed by atoms with E-state index in [2.05, 4.69) is 13.8 Å². The fourth-order valence-electron chi connectivity index (χ4n) is 1.41. The predicted molar refractivity (Wildman–Crippen MR) is 41.7 cm³/mol. The molecule has 0 spiro atoms. The molecule has 1 fully saturated rings. The Morgan fingerprint density at radius 2 is 2.30 bits per heavy atom. The molecule has 2 nitrogen and oxygen atoms in total. The van der Waals surface area contributed by atoms with Crippen molar-refractivity contribution in [3.63, 3.8) is 0 Å². The molecule has 1 heterocycles. The summed E-state index contributed by atoms with van der Waals surface area (Å²) in [4.78, 5) is 0. The van der Waals surface area contributed by atoms with Gasteiger partial charge in [-0.1, -0.05) is 13.8 Å². The zero-order valence-corrected chi connectivity index (χ0v) is 6.71. The summed E-state index contributed by atoms with van der Waals surface area (Å²) in [5.41, 5.74) is 0. The molecule has 0 bridgehead atoms. The molecule has 58 valence electrons. The zero-order chi connectivity index (χ0) is 7.56. The van der Waals surface area contributed by atoms with Crippen LogP contribution in [0.4, 0.5) is 0 Å². The number of hydrogen-bond acceptors (Lipinski definition) is 2. The standard InChI is InChI=1S/C7H15BO2/c1-6(2)7-3-4-10-8(9)5-7/h6-7,9H,3-5H2,1-2H3/t7-/m1/s1. The third-order valence-electron chi connectivity index (χ3n) is 2.25. The van der Waals surface area contributed by atoms with Gasteiger partial charge in [-0.2, -0.15) is 0 Å². The lowest BCUT2D eigenvalue weighted by Gasteiger charge is -2.26. The highest BCUT2D eigenvalue weighted by atomic mass is 16.5. The summed E-state index contributed by atoms with van der Waals surface area (Å²) in [5.74, 6) is 1.34. The third kappa shape index (κ3) is 1.99. The number of rotatable bonds is 1. The highest BCUT2D eigenvalue weighted by molar-refractivity contribution is 6.42. The van der Waals surface area contributed by atoms with Gasteiger partial charge in [0, 0.05) is 6.61 Å². The maximum absolute atomic E-state index is 9.11. The Kier molecular flexibility index (Phi) is 2.75. The first-order valence-electron chi connectivity index (χ1n) is 4.00. The maximum Gasteiger partial charge on any atom is 0.454 e. The van der Waals surface area contributed by atoms with Crippen LogP contribution in [0.2, 0.25) is 6.32 Å². The van der Waals surface area contributed by atoms with Crippen LogP contribution in [-0.4, -0.2) is 18.7 Å². The van der Waals surface area contributed by atoms with Gasteiger partial charge >= 0.3 is 7.12 Å². The van der Waals surface area contributed by atoms with Crippen molar-refractivity contribution >= 4 is 7.12 Å².